The molecule has 1 aliphatic heterocycles. The monoisotopic (exact) mass is 597 g/mol. The van der Waals surface area contributed by atoms with Gasteiger partial charge in [-0.15, -0.1) is 0 Å². The third-order valence-electron chi connectivity index (χ3n) is 7.09. The van der Waals surface area contributed by atoms with Crippen LogP contribution in [-0.4, -0.2) is 50.0 Å². The number of rotatable bonds is 8. The third kappa shape index (κ3) is 7.18. The summed E-state index contributed by atoms with van der Waals surface area (Å²) >= 11 is 12.3. The first kappa shape index (κ1) is 30.6. The Morgan fingerprint density at radius 2 is 1.79 bits per heavy atom. The van der Waals surface area contributed by atoms with Crippen molar-refractivity contribution in [3.8, 4) is 0 Å². The number of piperidine rings is 1. The van der Waals surface area contributed by atoms with Gasteiger partial charge >= 0.3 is 6.18 Å². The summed E-state index contributed by atoms with van der Waals surface area (Å²) in [7, 11) is -3.24. The highest BCUT2D eigenvalue weighted by atomic mass is 35.5. The molecule has 1 aliphatic rings. The number of carbonyl (C=O) groups excluding carboxylic acids is 1. The number of likely N-dealkylation sites (tertiary alicyclic amines) is 1. The second kappa shape index (κ2) is 11.7. The number of benzene rings is 2. The zero-order valence-electron chi connectivity index (χ0n) is 20.8. The van der Waals surface area contributed by atoms with Crippen LogP contribution in [0.3, 0.4) is 0 Å². The molecule has 1 heterocycles. The van der Waals surface area contributed by atoms with Crippen LogP contribution in [0, 0.1) is 5.82 Å². The highest BCUT2D eigenvalue weighted by molar-refractivity contribution is 7.91. The van der Waals surface area contributed by atoms with Gasteiger partial charge in [-0.3, -0.25) is 9.69 Å². The largest absolute Gasteiger partial charge is 0.416 e. The van der Waals surface area contributed by atoms with Crippen LogP contribution in [0.2, 0.25) is 10.0 Å². The second-order valence-corrected chi connectivity index (χ2v) is 12.9. The summed E-state index contributed by atoms with van der Waals surface area (Å²) in [5.41, 5.74) is 4.15. The number of nitrogens with two attached hydrogens (primary N) is 1. The van der Waals surface area contributed by atoms with E-state index in [9.17, 15) is 30.8 Å². The molecule has 0 saturated carbocycles. The summed E-state index contributed by atoms with van der Waals surface area (Å²) < 4.78 is 77.4. The first-order valence-electron chi connectivity index (χ1n) is 11.8. The van der Waals surface area contributed by atoms with Gasteiger partial charge in [-0.05, 0) is 62.1 Å². The van der Waals surface area contributed by atoms with Crippen molar-refractivity contribution in [2.45, 2.75) is 55.7 Å². The molecule has 0 aliphatic carbocycles. The molecule has 1 fully saturated rings. The fourth-order valence-corrected chi connectivity index (χ4v) is 5.91. The van der Waals surface area contributed by atoms with Crippen LogP contribution in [0.25, 0.3) is 0 Å². The van der Waals surface area contributed by atoms with E-state index in [2.05, 4.69) is 5.32 Å². The van der Waals surface area contributed by atoms with Crippen LogP contribution in [0.15, 0.2) is 36.4 Å². The number of hydrogen-bond donors (Lipinski definition) is 2. The fraction of sp³-hybridized carbons (Fsp3) is 0.480. The number of alkyl halides is 3. The van der Waals surface area contributed by atoms with Gasteiger partial charge in [0.05, 0.1) is 32.4 Å². The lowest BCUT2D eigenvalue weighted by molar-refractivity contribution is -0.137. The van der Waals surface area contributed by atoms with E-state index in [-0.39, 0.29) is 28.5 Å². The van der Waals surface area contributed by atoms with E-state index in [1.165, 1.54) is 18.4 Å². The zero-order valence-corrected chi connectivity index (χ0v) is 23.1. The van der Waals surface area contributed by atoms with Gasteiger partial charge in [0.15, 0.2) is 0 Å². The van der Waals surface area contributed by atoms with E-state index in [1.807, 2.05) is 4.90 Å². The molecule has 3 unspecified atom stereocenters. The maximum atomic E-state index is 14.3. The van der Waals surface area contributed by atoms with Crippen LogP contribution in [-0.2, 0) is 32.8 Å². The van der Waals surface area contributed by atoms with E-state index < -0.39 is 56.7 Å². The highest BCUT2D eigenvalue weighted by Crippen LogP contribution is 2.35. The highest BCUT2D eigenvalue weighted by Gasteiger charge is 2.38. The number of nitrogens with one attached hydrogen (secondary N) is 1. The smallest absolute Gasteiger partial charge is 0.351 e. The van der Waals surface area contributed by atoms with Gasteiger partial charge in [0.25, 0.3) is 0 Å². The van der Waals surface area contributed by atoms with Gasteiger partial charge in [-0.1, -0.05) is 29.3 Å². The molecule has 3 atom stereocenters. The molecule has 210 valence electrons. The van der Waals surface area contributed by atoms with Crippen molar-refractivity contribution in [2.24, 2.45) is 5.73 Å². The SMILES string of the molecule is CC(CCN1CCC(S(C)(=O)=O)CC1N)(C(=O)NCc1cc(C(F)(F)F)ccc1F)c1ccc(Cl)c(Cl)c1. The molecule has 2 aromatic carbocycles. The number of nitrogens with zero attached hydrogens (tertiary/aromatic N) is 1. The summed E-state index contributed by atoms with van der Waals surface area (Å²) in [6.45, 7) is 1.90. The van der Waals surface area contributed by atoms with Gasteiger partial charge in [0.2, 0.25) is 5.91 Å². The Morgan fingerprint density at radius 3 is 2.37 bits per heavy atom. The summed E-state index contributed by atoms with van der Waals surface area (Å²) in [5.74, 6) is -1.44. The van der Waals surface area contributed by atoms with Crippen molar-refractivity contribution in [3.63, 3.8) is 0 Å². The molecule has 3 N–H and O–H groups in total. The van der Waals surface area contributed by atoms with Crippen molar-refractivity contribution in [2.75, 3.05) is 19.3 Å². The Hall–Kier alpha value is -1.92. The van der Waals surface area contributed by atoms with Crippen molar-refractivity contribution in [1.82, 2.24) is 10.2 Å². The molecule has 0 bridgehead atoms. The molecule has 1 saturated heterocycles. The normalized spacial score (nSPS) is 20.7. The minimum absolute atomic E-state index is 0.206. The Morgan fingerprint density at radius 1 is 1.13 bits per heavy atom. The van der Waals surface area contributed by atoms with Crippen molar-refractivity contribution >= 4 is 38.9 Å². The lowest BCUT2D eigenvalue weighted by atomic mass is 9.78. The molecule has 2 aromatic rings. The summed E-state index contributed by atoms with van der Waals surface area (Å²) in [6, 6.07) is 6.69. The van der Waals surface area contributed by atoms with Gasteiger partial charge in [-0.2, -0.15) is 13.2 Å². The molecule has 1 amide bonds. The van der Waals surface area contributed by atoms with Gasteiger partial charge in [0, 0.05) is 31.5 Å². The Kier molecular flexibility index (Phi) is 9.41. The number of hydrogen-bond acceptors (Lipinski definition) is 5. The lowest BCUT2D eigenvalue weighted by Gasteiger charge is -2.39. The van der Waals surface area contributed by atoms with Crippen LogP contribution < -0.4 is 11.1 Å². The average molecular weight is 598 g/mol. The fourth-order valence-electron chi connectivity index (χ4n) is 4.53. The molecule has 6 nitrogen and oxygen atoms in total. The standard InChI is InChI=1S/C25H29Cl2F4N3O3S/c1-24(16-3-5-19(26)20(27)12-16,8-10-34-9-7-18(13-22(34)32)38(2,36)37)23(35)33-14-15-11-17(25(29,30)31)4-6-21(15)28/h3-6,11-12,18,22H,7-10,13-14,32H2,1-2H3,(H,33,35). The van der Waals surface area contributed by atoms with E-state index in [1.54, 1.807) is 13.0 Å². The van der Waals surface area contributed by atoms with Gasteiger partial charge < -0.3 is 11.1 Å². The van der Waals surface area contributed by atoms with Crippen molar-refractivity contribution in [1.29, 1.82) is 0 Å². The molecule has 0 radical (unpaired) electrons. The van der Waals surface area contributed by atoms with Crippen LogP contribution in [0.5, 0.6) is 0 Å². The molecule has 3 rings (SSSR count). The summed E-state index contributed by atoms with van der Waals surface area (Å²) in [4.78, 5) is 15.4. The lowest BCUT2D eigenvalue weighted by Crippen LogP contribution is -2.53. The summed E-state index contributed by atoms with van der Waals surface area (Å²) in [6.07, 6.45) is -3.16. The predicted octanol–water partition coefficient (Wildman–Crippen LogP) is 4.91. The number of amides is 1. The maximum Gasteiger partial charge on any atom is 0.416 e. The molecule has 0 spiro atoms. The van der Waals surface area contributed by atoms with Crippen molar-refractivity contribution in [3.05, 3.63) is 69.0 Å². The van der Waals surface area contributed by atoms with Crippen molar-refractivity contribution < 1.29 is 30.8 Å². The number of halogens is 6. The van der Waals surface area contributed by atoms with E-state index in [4.69, 9.17) is 28.9 Å². The van der Waals surface area contributed by atoms with Crippen LogP contribution in [0.4, 0.5) is 17.6 Å². The summed E-state index contributed by atoms with van der Waals surface area (Å²) in [5, 5.41) is 2.50. The average Bonchev–Trinajstić information content (AvgIpc) is 2.82. The number of carbonyl (C=O) groups is 1. The first-order chi connectivity index (χ1) is 17.5. The quantitative estimate of drug-likeness (QED) is 0.422. The van der Waals surface area contributed by atoms with Gasteiger partial charge in [0.1, 0.15) is 15.7 Å². The predicted molar refractivity (Wildman–Crippen MR) is 139 cm³/mol. The molecule has 13 heteroatoms. The Bertz CT molecular complexity index is 1290. The topological polar surface area (TPSA) is 92.5 Å². The minimum atomic E-state index is -4.66. The van der Waals surface area contributed by atoms with Gasteiger partial charge in [-0.25, -0.2) is 12.8 Å². The Balaban J connectivity index is 1.82. The molecule has 38 heavy (non-hydrogen) atoms. The Labute approximate surface area is 229 Å². The molecular formula is C25H29Cl2F4N3O3S. The zero-order chi connectivity index (χ0) is 28.5. The number of sulfone groups is 1. The second-order valence-electron chi connectivity index (χ2n) is 9.78. The molecular weight excluding hydrogens is 569 g/mol. The third-order valence-corrected chi connectivity index (χ3v) is 9.46. The van der Waals surface area contributed by atoms with E-state index in [0.717, 1.165) is 0 Å². The van der Waals surface area contributed by atoms with E-state index >= 15 is 0 Å². The minimum Gasteiger partial charge on any atom is -0.351 e. The van der Waals surface area contributed by atoms with E-state index in [0.29, 0.717) is 43.3 Å². The first-order valence-corrected chi connectivity index (χ1v) is 14.5. The molecule has 0 aromatic heterocycles. The maximum absolute atomic E-state index is 14.3. The van der Waals surface area contributed by atoms with Crippen LogP contribution >= 0.6 is 23.2 Å². The van der Waals surface area contributed by atoms with Crippen LogP contribution in [0.1, 0.15) is 42.9 Å².